The van der Waals surface area contributed by atoms with Crippen LogP contribution in [0.5, 0.6) is 0 Å². The molecule has 0 aliphatic carbocycles. The van der Waals surface area contributed by atoms with Crippen molar-refractivity contribution in [3.8, 4) is 0 Å². The van der Waals surface area contributed by atoms with Crippen LogP contribution in [0.4, 0.5) is 15.8 Å². The molecule has 2 aromatic carbocycles. The number of amides is 1. The number of nitrogens with one attached hydrogen (secondary N) is 2. The number of H-pyrrole nitrogens is 1. The predicted octanol–water partition coefficient (Wildman–Crippen LogP) is 4.86. The third kappa shape index (κ3) is 3.17. The number of rotatable bonds is 3. The molecule has 5 heteroatoms. The normalized spacial score (nSPS) is 14.6. The lowest BCUT2D eigenvalue weighted by atomic mass is 10.1. The van der Waals surface area contributed by atoms with Crippen molar-refractivity contribution in [1.82, 2.24) is 4.98 Å². The lowest BCUT2D eigenvalue weighted by Crippen LogP contribution is -2.29. The zero-order chi connectivity index (χ0) is 18.1. The van der Waals surface area contributed by atoms with Crippen molar-refractivity contribution in [2.45, 2.75) is 26.2 Å². The first-order valence-corrected chi connectivity index (χ1v) is 9.06. The van der Waals surface area contributed by atoms with Gasteiger partial charge in [0.15, 0.2) is 0 Å². The Labute approximate surface area is 152 Å². The molecule has 2 heterocycles. The molecule has 1 aromatic heterocycles. The van der Waals surface area contributed by atoms with Crippen molar-refractivity contribution in [2.24, 2.45) is 0 Å². The molecular formula is C21H22FN3O. The van der Waals surface area contributed by atoms with Crippen molar-refractivity contribution in [3.63, 3.8) is 0 Å². The van der Waals surface area contributed by atoms with E-state index in [1.807, 2.05) is 31.2 Å². The summed E-state index contributed by atoms with van der Waals surface area (Å²) in [5.74, 6) is -0.538. The van der Waals surface area contributed by atoms with Crippen LogP contribution in [0.3, 0.4) is 0 Å². The number of anilines is 2. The van der Waals surface area contributed by atoms with E-state index >= 15 is 0 Å². The van der Waals surface area contributed by atoms with E-state index < -0.39 is 0 Å². The van der Waals surface area contributed by atoms with Gasteiger partial charge in [0.1, 0.15) is 11.5 Å². The molecule has 0 saturated carbocycles. The summed E-state index contributed by atoms with van der Waals surface area (Å²) < 4.78 is 13.4. The highest BCUT2D eigenvalue weighted by Gasteiger charge is 2.16. The van der Waals surface area contributed by atoms with E-state index in [0.29, 0.717) is 11.2 Å². The minimum Gasteiger partial charge on any atom is -0.372 e. The Bertz CT molecular complexity index is 940. The minimum absolute atomic E-state index is 0.218. The Morgan fingerprint density at radius 2 is 1.81 bits per heavy atom. The summed E-state index contributed by atoms with van der Waals surface area (Å²) >= 11 is 0. The number of nitrogens with zero attached hydrogens (tertiary/aromatic N) is 1. The second kappa shape index (κ2) is 6.83. The summed E-state index contributed by atoms with van der Waals surface area (Å²) in [6, 6.07) is 12.5. The van der Waals surface area contributed by atoms with Gasteiger partial charge in [-0.05, 0) is 74.2 Å². The molecule has 1 saturated heterocycles. The summed E-state index contributed by atoms with van der Waals surface area (Å²) in [5.41, 5.74) is 3.86. The SMILES string of the molecule is Cc1c(C(=O)Nc2ccc(N3CCCCC3)cc2)[nH]c2cc(F)ccc12. The maximum Gasteiger partial charge on any atom is 0.272 e. The predicted molar refractivity (Wildman–Crippen MR) is 103 cm³/mol. The lowest BCUT2D eigenvalue weighted by Gasteiger charge is -2.28. The van der Waals surface area contributed by atoms with Gasteiger partial charge in [-0.15, -0.1) is 0 Å². The van der Waals surface area contributed by atoms with E-state index in [2.05, 4.69) is 15.2 Å². The van der Waals surface area contributed by atoms with Crippen LogP contribution in [0.15, 0.2) is 42.5 Å². The average Bonchev–Trinajstić information content (AvgIpc) is 2.99. The zero-order valence-corrected chi connectivity index (χ0v) is 14.8. The van der Waals surface area contributed by atoms with Gasteiger partial charge < -0.3 is 15.2 Å². The third-order valence-corrected chi connectivity index (χ3v) is 5.09. The number of halogens is 1. The van der Waals surface area contributed by atoms with Gasteiger partial charge in [0.25, 0.3) is 5.91 Å². The quantitative estimate of drug-likeness (QED) is 0.708. The maximum absolute atomic E-state index is 13.4. The number of hydrogen-bond donors (Lipinski definition) is 2. The summed E-state index contributed by atoms with van der Waals surface area (Å²) in [6.45, 7) is 4.05. The van der Waals surface area contributed by atoms with Crippen LogP contribution in [-0.2, 0) is 0 Å². The molecule has 1 aliphatic heterocycles. The Balaban J connectivity index is 1.52. The molecule has 26 heavy (non-hydrogen) atoms. The topological polar surface area (TPSA) is 48.1 Å². The maximum atomic E-state index is 13.4. The highest BCUT2D eigenvalue weighted by atomic mass is 19.1. The van der Waals surface area contributed by atoms with Crippen molar-refractivity contribution in [2.75, 3.05) is 23.3 Å². The van der Waals surface area contributed by atoms with Gasteiger partial charge in [-0.1, -0.05) is 0 Å². The molecule has 1 amide bonds. The smallest absolute Gasteiger partial charge is 0.272 e. The summed E-state index contributed by atoms with van der Waals surface area (Å²) in [6.07, 6.45) is 3.77. The number of piperidine rings is 1. The number of aromatic nitrogens is 1. The van der Waals surface area contributed by atoms with Crippen LogP contribution in [-0.4, -0.2) is 24.0 Å². The fourth-order valence-corrected chi connectivity index (χ4v) is 3.64. The van der Waals surface area contributed by atoms with Crippen LogP contribution >= 0.6 is 0 Å². The zero-order valence-electron chi connectivity index (χ0n) is 14.8. The number of benzene rings is 2. The van der Waals surface area contributed by atoms with Gasteiger partial charge in [0.05, 0.1) is 0 Å². The molecule has 4 rings (SSSR count). The molecule has 134 valence electrons. The monoisotopic (exact) mass is 351 g/mol. The van der Waals surface area contributed by atoms with E-state index in [4.69, 9.17) is 0 Å². The van der Waals surface area contributed by atoms with Crippen molar-refractivity contribution in [1.29, 1.82) is 0 Å². The summed E-state index contributed by atoms with van der Waals surface area (Å²) in [7, 11) is 0. The molecule has 4 nitrogen and oxygen atoms in total. The first-order chi connectivity index (χ1) is 12.6. The van der Waals surface area contributed by atoms with Gasteiger partial charge in [0.2, 0.25) is 0 Å². The molecular weight excluding hydrogens is 329 g/mol. The minimum atomic E-state index is -0.320. The molecule has 0 bridgehead atoms. The van der Waals surface area contributed by atoms with E-state index in [9.17, 15) is 9.18 Å². The largest absolute Gasteiger partial charge is 0.372 e. The van der Waals surface area contributed by atoms with Crippen LogP contribution < -0.4 is 10.2 Å². The molecule has 0 unspecified atom stereocenters. The first-order valence-electron chi connectivity index (χ1n) is 9.06. The van der Waals surface area contributed by atoms with Crippen LogP contribution in [0.2, 0.25) is 0 Å². The van der Waals surface area contributed by atoms with Crippen LogP contribution in [0.1, 0.15) is 35.3 Å². The molecule has 2 N–H and O–H groups in total. The standard InChI is InChI=1S/C21H22FN3O/c1-14-18-10-5-15(22)13-19(18)24-20(14)21(26)23-16-6-8-17(9-7-16)25-11-3-2-4-12-25/h5-10,13,24H,2-4,11-12H2,1H3,(H,23,26). The van der Waals surface area contributed by atoms with Crippen LogP contribution in [0.25, 0.3) is 10.9 Å². The first kappa shape index (κ1) is 16.6. The number of carbonyl (C=O) groups excluding carboxylic acids is 1. The van der Waals surface area contributed by atoms with E-state index in [1.165, 1.54) is 37.1 Å². The van der Waals surface area contributed by atoms with E-state index in [-0.39, 0.29) is 11.7 Å². The van der Waals surface area contributed by atoms with Gasteiger partial charge in [-0.25, -0.2) is 4.39 Å². The van der Waals surface area contributed by atoms with Gasteiger partial charge >= 0.3 is 0 Å². The molecule has 1 aliphatic rings. The van der Waals surface area contributed by atoms with Gasteiger partial charge in [-0.3, -0.25) is 4.79 Å². The van der Waals surface area contributed by atoms with Crippen molar-refractivity contribution < 1.29 is 9.18 Å². The molecule has 1 fully saturated rings. The third-order valence-electron chi connectivity index (χ3n) is 5.09. The Kier molecular flexibility index (Phi) is 4.37. The number of aryl methyl sites for hydroxylation is 1. The number of aromatic amines is 1. The fourth-order valence-electron chi connectivity index (χ4n) is 3.64. The highest BCUT2D eigenvalue weighted by Crippen LogP contribution is 2.25. The highest BCUT2D eigenvalue weighted by molar-refractivity contribution is 6.07. The van der Waals surface area contributed by atoms with Crippen molar-refractivity contribution in [3.05, 3.63) is 59.5 Å². The summed E-state index contributed by atoms with van der Waals surface area (Å²) in [4.78, 5) is 18.0. The fraction of sp³-hybridized carbons (Fsp3) is 0.286. The van der Waals surface area contributed by atoms with Crippen LogP contribution in [0, 0.1) is 12.7 Å². The second-order valence-electron chi connectivity index (χ2n) is 6.86. The van der Waals surface area contributed by atoms with Gasteiger partial charge in [0, 0.05) is 35.4 Å². The summed E-state index contributed by atoms with van der Waals surface area (Å²) in [5, 5.41) is 3.78. The number of carbonyl (C=O) groups is 1. The van der Waals surface area contributed by atoms with Crippen molar-refractivity contribution >= 4 is 28.2 Å². The Morgan fingerprint density at radius 3 is 2.54 bits per heavy atom. The molecule has 0 atom stereocenters. The Hall–Kier alpha value is -2.82. The lowest BCUT2D eigenvalue weighted by molar-refractivity contribution is 0.102. The average molecular weight is 351 g/mol. The van der Waals surface area contributed by atoms with E-state index in [0.717, 1.165) is 29.7 Å². The Morgan fingerprint density at radius 1 is 1.08 bits per heavy atom. The van der Waals surface area contributed by atoms with Gasteiger partial charge in [-0.2, -0.15) is 0 Å². The molecule has 0 radical (unpaired) electrons. The number of fused-ring (bicyclic) bond motifs is 1. The number of hydrogen-bond acceptors (Lipinski definition) is 2. The second-order valence-corrected chi connectivity index (χ2v) is 6.86. The molecule has 0 spiro atoms. The van der Waals surface area contributed by atoms with E-state index in [1.54, 1.807) is 6.07 Å². The molecule has 3 aromatic rings.